The van der Waals surface area contributed by atoms with Gasteiger partial charge in [0.1, 0.15) is 0 Å². The van der Waals surface area contributed by atoms with Crippen molar-refractivity contribution in [3.63, 3.8) is 0 Å². The van der Waals surface area contributed by atoms with E-state index in [1.807, 2.05) is 0 Å². The van der Waals surface area contributed by atoms with Crippen molar-refractivity contribution in [1.82, 2.24) is 4.90 Å². The summed E-state index contributed by atoms with van der Waals surface area (Å²) in [5.74, 6) is 4.22. The molecule has 0 aromatic heterocycles. The Labute approximate surface area is 94.2 Å². The first-order valence-corrected chi connectivity index (χ1v) is 6.89. The summed E-state index contributed by atoms with van der Waals surface area (Å²) in [5, 5.41) is 0. The molecule has 2 saturated carbocycles. The molecule has 1 heterocycles. The van der Waals surface area contributed by atoms with E-state index >= 15 is 0 Å². The van der Waals surface area contributed by atoms with Crippen molar-refractivity contribution < 1.29 is 0 Å². The summed E-state index contributed by atoms with van der Waals surface area (Å²) in [7, 11) is 0. The number of rotatable bonds is 1. The lowest BCUT2D eigenvalue weighted by Gasteiger charge is -2.30. The number of hydrogen-bond donors (Lipinski definition) is 0. The minimum atomic E-state index is 0.772. The zero-order valence-corrected chi connectivity index (χ0v) is 10.5. The lowest BCUT2D eigenvalue weighted by atomic mass is 9.87. The van der Waals surface area contributed by atoms with Crippen LogP contribution in [0.2, 0.25) is 0 Å². The van der Waals surface area contributed by atoms with E-state index < -0.39 is 0 Å². The van der Waals surface area contributed by atoms with Crippen LogP contribution in [-0.4, -0.2) is 24.5 Å². The Kier molecular flexibility index (Phi) is 2.18. The monoisotopic (exact) mass is 207 g/mol. The summed E-state index contributed by atoms with van der Waals surface area (Å²) in [6.07, 6.45) is 4.48. The lowest BCUT2D eigenvalue weighted by Crippen LogP contribution is -2.34. The van der Waals surface area contributed by atoms with E-state index in [-0.39, 0.29) is 0 Å². The summed E-state index contributed by atoms with van der Waals surface area (Å²) >= 11 is 0. The number of hydrogen-bond acceptors (Lipinski definition) is 1. The molecule has 0 amide bonds. The molecule has 1 aliphatic heterocycles. The van der Waals surface area contributed by atoms with Gasteiger partial charge in [-0.1, -0.05) is 20.8 Å². The predicted molar refractivity (Wildman–Crippen MR) is 63.7 cm³/mol. The zero-order valence-electron chi connectivity index (χ0n) is 10.5. The third-order valence-electron chi connectivity index (χ3n) is 5.82. The van der Waals surface area contributed by atoms with Crippen LogP contribution in [0.5, 0.6) is 0 Å². The summed E-state index contributed by atoms with van der Waals surface area (Å²) in [4.78, 5) is 2.70. The van der Waals surface area contributed by atoms with Gasteiger partial charge >= 0.3 is 0 Å². The third-order valence-corrected chi connectivity index (χ3v) is 5.82. The van der Waals surface area contributed by atoms with Crippen LogP contribution in [0.25, 0.3) is 0 Å². The molecule has 5 unspecified atom stereocenters. The molecule has 15 heavy (non-hydrogen) atoms. The van der Waals surface area contributed by atoms with Crippen LogP contribution in [0.15, 0.2) is 0 Å². The Bertz CT molecular complexity index is 262. The fraction of sp³-hybridized carbons (Fsp3) is 1.00. The predicted octanol–water partition coefficient (Wildman–Crippen LogP) is 3.01. The first-order chi connectivity index (χ1) is 7.16. The van der Waals surface area contributed by atoms with Crippen LogP contribution in [0.1, 0.15) is 40.0 Å². The van der Waals surface area contributed by atoms with Crippen molar-refractivity contribution in [2.24, 2.45) is 29.1 Å². The molecule has 3 aliphatic rings. The molecule has 1 nitrogen and oxygen atoms in total. The van der Waals surface area contributed by atoms with Gasteiger partial charge < -0.3 is 4.90 Å². The summed E-state index contributed by atoms with van der Waals surface area (Å²) < 4.78 is 0. The van der Waals surface area contributed by atoms with E-state index in [9.17, 15) is 0 Å². The maximum atomic E-state index is 2.70. The standard InChI is InChI=1S/C14H25N/c1-4-15-8-6-10(2)12-13-11(9-15)5-7-14(12,13)3/h10-13H,4-9H2,1-3H3. The van der Waals surface area contributed by atoms with Gasteiger partial charge in [-0.2, -0.15) is 0 Å². The number of fused-ring (bicyclic) bond motifs is 1. The van der Waals surface area contributed by atoms with Crippen molar-refractivity contribution in [2.75, 3.05) is 19.6 Å². The van der Waals surface area contributed by atoms with Crippen LogP contribution >= 0.6 is 0 Å². The molecule has 0 N–H and O–H groups in total. The molecule has 3 fully saturated rings. The fourth-order valence-corrected chi connectivity index (χ4v) is 4.96. The van der Waals surface area contributed by atoms with Crippen LogP contribution in [0.4, 0.5) is 0 Å². The summed E-state index contributed by atoms with van der Waals surface area (Å²) in [6, 6.07) is 0. The van der Waals surface area contributed by atoms with Crippen molar-refractivity contribution >= 4 is 0 Å². The molecule has 5 atom stereocenters. The summed E-state index contributed by atoms with van der Waals surface area (Å²) in [5.41, 5.74) is 0.772. The van der Waals surface area contributed by atoms with Crippen LogP contribution in [0.3, 0.4) is 0 Å². The van der Waals surface area contributed by atoms with Gasteiger partial charge in [0.2, 0.25) is 0 Å². The van der Waals surface area contributed by atoms with Crippen molar-refractivity contribution in [2.45, 2.75) is 40.0 Å². The van der Waals surface area contributed by atoms with Gasteiger partial charge in [0.15, 0.2) is 0 Å². The molecule has 0 spiro atoms. The second kappa shape index (κ2) is 3.23. The molecular formula is C14H25N. The molecule has 0 radical (unpaired) electrons. The third kappa shape index (κ3) is 1.32. The highest BCUT2D eigenvalue weighted by atomic mass is 15.1. The highest BCUT2D eigenvalue weighted by Crippen LogP contribution is 2.73. The first-order valence-electron chi connectivity index (χ1n) is 6.89. The first kappa shape index (κ1) is 10.1. The molecule has 1 saturated heterocycles. The molecular weight excluding hydrogens is 182 g/mol. The molecule has 2 aliphatic carbocycles. The van der Waals surface area contributed by atoms with E-state index in [2.05, 4.69) is 25.7 Å². The smallest absolute Gasteiger partial charge is 0.00125 e. The minimum absolute atomic E-state index is 0.772. The second-order valence-corrected chi connectivity index (χ2v) is 6.52. The fourth-order valence-electron chi connectivity index (χ4n) is 4.96. The summed E-state index contributed by atoms with van der Waals surface area (Å²) in [6.45, 7) is 11.4. The van der Waals surface area contributed by atoms with Gasteiger partial charge in [0.25, 0.3) is 0 Å². The van der Waals surface area contributed by atoms with Crippen LogP contribution < -0.4 is 0 Å². The Hall–Kier alpha value is -0.0400. The quantitative estimate of drug-likeness (QED) is 0.639. The number of nitrogens with zero attached hydrogens (tertiary/aromatic N) is 1. The van der Waals surface area contributed by atoms with Gasteiger partial charge in [0, 0.05) is 6.54 Å². The Morgan fingerprint density at radius 3 is 2.80 bits per heavy atom. The van der Waals surface area contributed by atoms with Gasteiger partial charge in [-0.3, -0.25) is 0 Å². The van der Waals surface area contributed by atoms with E-state index in [1.54, 1.807) is 0 Å². The van der Waals surface area contributed by atoms with E-state index in [0.717, 1.165) is 29.1 Å². The normalized spacial score (nSPS) is 54.6. The average Bonchev–Trinajstić information content (AvgIpc) is 2.70. The molecule has 1 heteroatoms. The van der Waals surface area contributed by atoms with E-state index in [1.165, 1.54) is 38.9 Å². The highest BCUT2D eigenvalue weighted by Gasteiger charge is 2.68. The molecule has 0 bridgehead atoms. The Morgan fingerprint density at radius 1 is 1.27 bits per heavy atom. The molecule has 3 rings (SSSR count). The topological polar surface area (TPSA) is 3.24 Å². The van der Waals surface area contributed by atoms with Crippen molar-refractivity contribution in [1.29, 1.82) is 0 Å². The van der Waals surface area contributed by atoms with E-state index in [0.29, 0.717) is 0 Å². The van der Waals surface area contributed by atoms with Crippen LogP contribution in [-0.2, 0) is 0 Å². The van der Waals surface area contributed by atoms with Crippen LogP contribution in [0, 0.1) is 29.1 Å². The zero-order chi connectivity index (χ0) is 10.6. The number of likely N-dealkylation sites (tertiary alicyclic amines) is 1. The SMILES string of the molecule is CCN1CCC(C)C2C3C(CCC23C)C1. The molecule has 0 aromatic rings. The lowest BCUT2D eigenvalue weighted by molar-refractivity contribution is 0.174. The van der Waals surface area contributed by atoms with Crippen molar-refractivity contribution in [3.8, 4) is 0 Å². The average molecular weight is 207 g/mol. The minimum Gasteiger partial charge on any atom is -0.303 e. The van der Waals surface area contributed by atoms with Gasteiger partial charge in [-0.15, -0.1) is 0 Å². The maximum absolute atomic E-state index is 2.70. The van der Waals surface area contributed by atoms with Crippen molar-refractivity contribution in [3.05, 3.63) is 0 Å². The second-order valence-electron chi connectivity index (χ2n) is 6.52. The Balaban J connectivity index is 1.80. The van der Waals surface area contributed by atoms with Gasteiger partial charge in [-0.05, 0) is 61.4 Å². The molecule has 86 valence electrons. The highest BCUT2D eigenvalue weighted by molar-refractivity contribution is 5.16. The maximum Gasteiger partial charge on any atom is 0.00125 e. The largest absolute Gasteiger partial charge is 0.303 e. The van der Waals surface area contributed by atoms with Gasteiger partial charge in [0.05, 0.1) is 0 Å². The van der Waals surface area contributed by atoms with E-state index in [4.69, 9.17) is 0 Å². The Morgan fingerprint density at radius 2 is 2.07 bits per heavy atom. The van der Waals surface area contributed by atoms with Gasteiger partial charge in [-0.25, -0.2) is 0 Å². The molecule has 0 aromatic carbocycles.